The molecule has 2 aromatic carbocycles. The number of likely N-dealkylation sites (N-methyl/N-ethyl adjacent to an activating group) is 1. The summed E-state index contributed by atoms with van der Waals surface area (Å²) in [7, 11) is -2.19. The van der Waals surface area contributed by atoms with Gasteiger partial charge in [-0.15, -0.1) is 0 Å². The highest BCUT2D eigenvalue weighted by atomic mass is 32.2. The molecule has 0 spiro atoms. The van der Waals surface area contributed by atoms with Gasteiger partial charge in [0.2, 0.25) is 21.8 Å². The van der Waals surface area contributed by atoms with Crippen LogP contribution in [0.5, 0.6) is 0 Å². The van der Waals surface area contributed by atoms with Crippen molar-refractivity contribution in [3.8, 4) is 0 Å². The van der Waals surface area contributed by atoms with Crippen LogP contribution in [0.25, 0.3) is 0 Å². The molecule has 7 nitrogen and oxygen atoms in total. The highest BCUT2D eigenvalue weighted by molar-refractivity contribution is 7.92. The van der Waals surface area contributed by atoms with Crippen LogP contribution in [0.1, 0.15) is 30.0 Å². The molecule has 0 bridgehead atoms. The maximum Gasteiger partial charge on any atom is 0.244 e. The molecule has 2 amide bonds. The van der Waals surface area contributed by atoms with Crippen LogP contribution in [-0.2, 0) is 26.2 Å². The van der Waals surface area contributed by atoms with Crippen LogP contribution in [-0.4, -0.2) is 51.0 Å². The Morgan fingerprint density at radius 2 is 1.68 bits per heavy atom. The summed E-state index contributed by atoms with van der Waals surface area (Å²) in [5.41, 5.74) is 3.30. The van der Waals surface area contributed by atoms with Crippen LogP contribution in [0.3, 0.4) is 0 Å². The second kappa shape index (κ2) is 10.4. The highest BCUT2D eigenvalue weighted by Crippen LogP contribution is 2.20. The Kier molecular flexibility index (Phi) is 8.21. The van der Waals surface area contributed by atoms with Crippen molar-refractivity contribution in [3.05, 3.63) is 65.2 Å². The molecule has 31 heavy (non-hydrogen) atoms. The van der Waals surface area contributed by atoms with E-state index in [9.17, 15) is 18.0 Å². The van der Waals surface area contributed by atoms with Gasteiger partial charge in [-0.1, -0.05) is 54.4 Å². The standard InChI is InChI=1S/C23H31N3O4S/c1-6-21(23(28)24-4)25(15-19-9-7-8-18(3)14-19)22(27)16-26(31(5,29)30)20-12-10-17(2)11-13-20/h7-14,21H,6,15-16H2,1-5H3,(H,24,28). The van der Waals surface area contributed by atoms with Crippen LogP contribution in [0, 0.1) is 13.8 Å². The van der Waals surface area contributed by atoms with E-state index in [1.807, 2.05) is 45.0 Å². The first-order valence-electron chi connectivity index (χ1n) is 10.2. The number of amides is 2. The molecule has 0 saturated carbocycles. The Balaban J connectivity index is 2.41. The fourth-order valence-corrected chi connectivity index (χ4v) is 4.27. The van der Waals surface area contributed by atoms with Gasteiger partial charge in [0.05, 0.1) is 11.9 Å². The summed E-state index contributed by atoms with van der Waals surface area (Å²) in [6.45, 7) is 5.50. The van der Waals surface area contributed by atoms with Crippen molar-refractivity contribution in [2.75, 3.05) is 24.2 Å². The molecule has 0 aromatic heterocycles. The smallest absolute Gasteiger partial charge is 0.244 e. The van der Waals surface area contributed by atoms with E-state index in [2.05, 4.69) is 5.32 Å². The average Bonchev–Trinajstić information content (AvgIpc) is 2.71. The predicted octanol–water partition coefficient (Wildman–Crippen LogP) is 2.62. The SMILES string of the molecule is CCC(C(=O)NC)N(Cc1cccc(C)c1)C(=O)CN(c1ccc(C)cc1)S(C)(=O)=O. The predicted molar refractivity (Wildman–Crippen MR) is 123 cm³/mol. The third-order valence-corrected chi connectivity index (χ3v) is 6.21. The lowest BCUT2D eigenvalue weighted by molar-refractivity contribution is -0.140. The number of nitrogens with zero attached hydrogens (tertiary/aromatic N) is 2. The van der Waals surface area contributed by atoms with E-state index >= 15 is 0 Å². The summed E-state index contributed by atoms with van der Waals surface area (Å²) in [5.74, 6) is -0.729. The number of anilines is 1. The van der Waals surface area contributed by atoms with Crippen molar-refractivity contribution in [2.45, 2.75) is 39.8 Å². The first-order chi connectivity index (χ1) is 14.6. The van der Waals surface area contributed by atoms with Crippen molar-refractivity contribution < 1.29 is 18.0 Å². The third-order valence-electron chi connectivity index (χ3n) is 5.07. The fraction of sp³-hybridized carbons (Fsp3) is 0.391. The molecular weight excluding hydrogens is 414 g/mol. The molecule has 2 rings (SSSR count). The van der Waals surface area contributed by atoms with Crippen molar-refractivity contribution in [2.24, 2.45) is 0 Å². The van der Waals surface area contributed by atoms with Crippen molar-refractivity contribution in [1.29, 1.82) is 0 Å². The Morgan fingerprint density at radius 1 is 1.03 bits per heavy atom. The zero-order chi connectivity index (χ0) is 23.2. The summed E-state index contributed by atoms with van der Waals surface area (Å²) in [6, 6.07) is 13.9. The molecule has 0 radical (unpaired) electrons. The van der Waals surface area contributed by atoms with Gasteiger partial charge in [-0.25, -0.2) is 8.42 Å². The van der Waals surface area contributed by atoms with E-state index < -0.39 is 22.0 Å². The molecular formula is C23H31N3O4S. The fourth-order valence-electron chi connectivity index (χ4n) is 3.42. The number of hydrogen-bond acceptors (Lipinski definition) is 4. The Bertz CT molecular complexity index is 1020. The second-order valence-electron chi connectivity index (χ2n) is 7.65. The molecule has 1 unspecified atom stereocenters. The summed E-state index contributed by atoms with van der Waals surface area (Å²) in [6.07, 6.45) is 1.47. The molecule has 2 aromatic rings. The Hall–Kier alpha value is -2.87. The quantitative estimate of drug-likeness (QED) is 0.643. The van der Waals surface area contributed by atoms with E-state index in [0.717, 1.165) is 27.3 Å². The van der Waals surface area contributed by atoms with E-state index in [4.69, 9.17) is 0 Å². The monoisotopic (exact) mass is 445 g/mol. The van der Waals surface area contributed by atoms with Crippen LogP contribution < -0.4 is 9.62 Å². The molecule has 8 heteroatoms. The summed E-state index contributed by atoms with van der Waals surface area (Å²) >= 11 is 0. The highest BCUT2D eigenvalue weighted by Gasteiger charge is 2.31. The normalized spacial score (nSPS) is 12.2. The van der Waals surface area contributed by atoms with Gasteiger partial charge in [-0.3, -0.25) is 13.9 Å². The second-order valence-corrected chi connectivity index (χ2v) is 9.56. The van der Waals surface area contributed by atoms with Gasteiger partial charge >= 0.3 is 0 Å². The van der Waals surface area contributed by atoms with Crippen LogP contribution in [0.4, 0.5) is 5.69 Å². The third kappa shape index (κ3) is 6.55. The molecule has 1 atom stereocenters. The zero-order valence-electron chi connectivity index (χ0n) is 18.8. The molecule has 0 heterocycles. The van der Waals surface area contributed by atoms with Crippen LogP contribution >= 0.6 is 0 Å². The molecule has 1 N–H and O–H groups in total. The van der Waals surface area contributed by atoms with E-state index in [1.165, 1.54) is 11.9 Å². The lowest BCUT2D eigenvalue weighted by Gasteiger charge is -2.32. The maximum absolute atomic E-state index is 13.4. The van der Waals surface area contributed by atoms with Gasteiger partial charge < -0.3 is 10.2 Å². The lowest BCUT2D eigenvalue weighted by Crippen LogP contribution is -2.51. The number of carbonyl (C=O) groups excluding carboxylic acids is 2. The summed E-state index contributed by atoms with van der Waals surface area (Å²) in [5, 5.41) is 2.61. The van der Waals surface area contributed by atoms with E-state index in [-0.39, 0.29) is 19.0 Å². The molecule has 0 fully saturated rings. The van der Waals surface area contributed by atoms with Gasteiger partial charge in [0.15, 0.2) is 0 Å². The summed E-state index contributed by atoms with van der Waals surface area (Å²) in [4.78, 5) is 27.3. The minimum absolute atomic E-state index is 0.206. The number of nitrogens with one attached hydrogen (secondary N) is 1. The number of benzene rings is 2. The van der Waals surface area contributed by atoms with Crippen LogP contribution in [0.2, 0.25) is 0 Å². The van der Waals surface area contributed by atoms with Crippen molar-refractivity contribution >= 4 is 27.5 Å². The molecule has 0 saturated heterocycles. The molecule has 0 aliphatic carbocycles. The van der Waals surface area contributed by atoms with Gasteiger partial charge in [-0.2, -0.15) is 0 Å². The van der Waals surface area contributed by atoms with Crippen molar-refractivity contribution in [3.63, 3.8) is 0 Å². The number of sulfonamides is 1. The largest absolute Gasteiger partial charge is 0.357 e. The lowest BCUT2D eigenvalue weighted by atomic mass is 10.1. The maximum atomic E-state index is 13.4. The minimum Gasteiger partial charge on any atom is -0.357 e. The molecule has 168 valence electrons. The van der Waals surface area contributed by atoms with Gasteiger partial charge in [-0.05, 0) is 38.0 Å². The number of carbonyl (C=O) groups is 2. The van der Waals surface area contributed by atoms with Gasteiger partial charge in [0.25, 0.3) is 0 Å². The van der Waals surface area contributed by atoms with Crippen LogP contribution in [0.15, 0.2) is 48.5 Å². The first-order valence-corrected chi connectivity index (χ1v) is 12.0. The average molecular weight is 446 g/mol. The topological polar surface area (TPSA) is 86.8 Å². The Labute approximate surface area is 185 Å². The summed E-state index contributed by atoms with van der Waals surface area (Å²) < 4.78 is 26.0. The van der Waals surface area contributed by atoms with Gasteiger partial charge in [0.1, 0.15) is 12.6 Å². The molecule has 0 aliphatic heterocycles. The van der Waals surface area contributed by atoms with Gasteiger partial charge in [0, 0.05) is 13.6 Å². The Morgan fingerprint density at radius 3 is 2.19 bits per heavy atom. The van der Waals surface area contributed by atoms with E-state index in [0.29, 0.717) is 12.1 Å². The first kappa shape index (κ1) is 24.4. The van der Waals surface area contributed by atoms with E-state index in [1.54, 1.807) is 24.3 Å². The zero-order valence-corrected chi connectivity index (χ0v) is 19.6. The molecule has 0 aliphatic rings. The number of hydrogen-bond donors (Lipinski definition) is 1. The number of aryl methyl sites for hydroxylation is 2. The minimum atomic E-state index is -3.71. The van der Waals surface area contributed by atoms with Crippen molar-refractivity contribution in [1.82, 2.24) is 10.2 Å². The number of rotatable bonds is 9.